The van der Waals surface area contributed by atoms with Gasteiger partial charge < -0.3 is 5.32 Å². The van der Waals surface area contributed by atoms with Crippen LogP contribution in [0.15, 0.2) is 53.6 Å². The Kier molecular flexibility index (Phi) is 5.51. The Morgan fingerprint density at radius 3 is 2.50 bits per heavy atom. The van der Waals surface area contributed by atoms with Gasteiger partial charge in [0.05, 0.1) is 11.1 Å². The van der Waals surface area contributed by atoms with Gasteiger partial charge in [-0.2, -0.15) is 9.40 Å². The van der Waals surface area contributed by atoms with E-state index in [1.54, 1.807) is 18.3 Å². The van der Waals surface area contributed by atoms with Crippen LogP contribution >= 0.6 is 0 Å². The molecule has 2 heterocycles. The van der Waals surface area contributed by atoms with Crippen molar-refractivity contribution in [3.8, 4) is 0 Å². The molecule has 1 aromatic heterocycles. The SMILES string of the molecule is Cc1cnn(CC2CC2)c1NC(=O)C1CCN(S(=O)(=O)c2ccc3ccccc3c2)CC1. The second kappa shape index (κ2) is 8.33. The van der Waals surface area contributed by atoms with Crippen molar-refractivity contribution in [2.24, 2.45) is 11.8 Å². The molecule has 3 aromatic rings. The van der Waals surface area contributed by atoms with Gasteiger partial charge in [0, 0.05) is 31.1 Å². The van der Waals surface area contributed by atoms with Gasteiger partial charge in [-0.1, -0.05) is 30.3 Å². The van der Waals surface area contributed by atoms with E-state index in [2.05, 4.69) is 10.4 Å². The number of anilines is 1. The van der Waals surface area contributed by atoms with Crippen LogP contribution in [0.25, 0.3) is 10.8 Å². The zero-order valence-electron chi connectivity index (χ0n) is 18.2. The molecule has 1 amide bonds. The molecule has 1 saturated carbocycles. The van der Waals surface area contributed by atoms with Crippen LogP contribution in [0.3, 0.4) is 0 Å². The highest BCUT2D eigenvalue weighted by Crippen LogP contribution is 2.32. The summed E-state index contributed by atoms with van der Waals surface area (Å²) in [5, 5.41) is 9.38. The van der Waals surface area contributed by atoms with Gasteiger partial charge >= 0.3 is 0 Å². The van der Waals surface area contributed by atoms with Gasteiger partial charge in [0.1, 0.15) is 5.82 Å². The first-order valence-corrected chi connectivity index (χ1v) is 12.7. The fourth-order valence-corrected chi connectivity index (χ4v) is 5.88. The molecule has 8 heteroatoms. The number of amides is 1. The average molecular weight is 453 g/mol. The summed E-state index contributed by atoms with van der Waals surface area (Å²) in [6.07, 6.45) is 5.24. The molecule has 1 saturated heterocycles. The lowest BCUT2D eigenvalue weighted by atomic mass is 9.97. The number of sulfonamides is 1. The maximum Gasteiger partial charge on any atom is 0.243 e. The summed E-state index contributed by atoms with van der Waals surface area (Å²) in [7, 11) is -3.59. The van der Waals surface area contributed by atoms with Gasteiger partial charge in [0.25, 0.3) is 0 Å². The largest absolute Gasteiger partial charge is 0.310 e. The summed E-state index contributed by atoms with van der Waals surface area (Å²) in [4.78, 5) is 13.2. The van der Waals surface area contributed by atoms with Crippen LogP contribution in [0.1, 0.15) is 31.2 Å². The van der Waals surface area contributed by atoms with E-state index < -0.39 is 10.0 Å². The first kappa shape index (κ1) is 21.2. The lowest BCUT2D eigenvalue weighted by Gasteiger charge is -2.30. The molecule has 1 aliphatic heterocycles. The molecule has 7 nitrogen and oxygen atoms in total. The van der Waals surface area contributed by atoms with Crippen LogP contribution in [-0.2, 0) is 21.4 Å². The minimum atomic E-state index is -3.59. The lowest BCUT2D eigenvalue weighted by Crippen LogP contribution is -2.41. The highest BCUT2D eigenvalue weighted by Gasteiger charge is 2.33. The van der Waals surface area contributed by atoms with Crippen molar-refractivity contribution in [3.63, 3.8) is 0 Å². The van der Waals surface area contributed by atoms with E-state index in [-0.39, 0.29) is 11.8 Å². The summed E-state index contributed by atoms with van der Waals surface area (Å²) >= 11 is 0. The van der Waals surface area contributed by atoms with E-state index in [0.29, 0.717) is 36.7 Å². The average Bonchev–Trinajstić information content (AvgIpc) is 3.57. The highest BCUT2D eigenvalue weighted by atomic mass is 32.2. The van der Waals surface area contributed by atoms with E-state index in [1.165, 1.54) is 17.1 Å². The number of rotatable bonds is 6. The molecule has 5 rings (SSSR count). The minimum absolute atomic E-state index is 0.0478. The third kappa shape index (κ3) is 4.17. The van der Waals surface area contributed by atoms with Gasteiger partial charge in [-0.3, -0.25) is 4.79 Å². The molecule has 0 atom stereocenters. The van der Waals surface area contributed by atoms with Gasteiger partial charge in [-0.15, -0.1) is 0 Å². The third-order valence-electron chi connectivity index (χ3n) is 6.58. The van der Waals surface area contributed by atoms with Crippen molar-refractivity contribution in [1.82, 2.24) is 14.1 Å². The normalized spacial score (nSPS) is 18.2. The Morgan fingerprint density at radius 2 is 1.78 bits per heavy atom. The Morgan fingerprint density at radius 1 is 1.06 bits per heavy atom. The number of benzene rings is 2. The van der Waals surface area contributed by atoms with E-state index in [1.807, 2.05) is 41.9 Å². The number of hydrogen-bond acceptors (Lipinski definition) is 4. The van der Waals surface area contributed by atoms with Crippen LogP contribution in [-0.4, -0.2) is 41.5 Å². The zero-order valence-corrected chi connectivity index (χ0v) is 19.0. The summed E-state index contributed by atoms with van der Waals surface area (Å²) in [6, 6.07) is 13.0. The van der Waals surface area contributed by atoms with Crippen LogP contribution in [0.4, 0.5) is 5.82 Å². The van der Waals surface area contributed by atoms with Crippen LogP contribution in [0.5, 0.6) is 0 Å². The second-order valence-corrected chi connectivity index (χ2v) is 10.9. The Bertz CT molecular complexity index is 1260. The zero-order chi connectivity index (χ0) is 22.3. The number of aryl methyl sites for hydroxylation is 1. The minimum Gasteiger partial charge on any atom is -0.310 e. The topological polar surface area (TPSA) is 84.3 Å². The number of nitrogens with zero attached hydrogens (tertiary/aromatic N) is 3. The van der Waals surface area contributed by atoms with E-state index in [4.69, 9.17) is 0 Å². The van der Waals surface area contributed by atoms with Crippen molar-refractivity contribution in [3.05, 3.63) is 54.2 Å². The van der Waals surface area contributed by atoms with Gasteiger partial charge in [-0.05, 0) is 61.4 Å². The molecule has 2 fully saturated rings. The molecule has 168 valence electrons. The van der Waals surface area contributed by atoms with Gasteiger partial charge in [0.2, 0.25) is 15.9 Å². The number of nitrogens with one attached hydrogen (secondary N) is 1. The van der Waals surface area contributed by atoms with E-state index in [0.717, 1.165) is 28.7 Å². The molecular weight excluding hydrogens is 424 g/mol. The van der Waals surface area contributed by atoms with Crippen LogP contribution < -0.4 is 5.32 Å². The van der Waals surface area contributed by atoms with Gasteiger partial charge in [-0.25, -0.2) is 13.1 Å². The maximum absolute atomic E-state index is 13.2. The predicted molar refractivity (Wildman–Crippen MR) is 124 cm³/mol. The number of carbonyl (C=O) groups excluding carboxylic acids is 1. The number of aromatic nitrogens is 2. The molecule has 2 aromatic carbocycles. The Labute approximate surface area is 188 Å². The molecule has 2 aliphatic rings. The second-order valence-electron chi connectivity index (χ2n) is 8.98. The predicted octanol–water partition coefficient (Wildman–Crippen LogP) is 3.79. The van der Waals surface area contributed by atoms with E-state index >= 15 is 0 Å². The van der Waals surface area contributed by atoms with Crippen LogP contribution in [0.2, 0.25) is 0 Å². The molecule has 0 unspecified atom stereocenters. The summed E-state index contributed by atoms with van der Waals surface area (Å²) in [5.74, 6) is 1.18. The molecular formula is C24H28N4O3S. The standard InChI is InChI=1S/C24H28N4O3S/c1-17-15-25-28(16-18-6-7-18)23(17)26-24(29)20-10-12-27(13-11-20)32(30,31)22-9-8-19-4-2-3-5-21(19)14-22/h2-5,8-9,14-15,18,20H,6-7,10-13,16H2,1H3,(H,26,29). The molecule has 1 N–H and O–H groups in total. The number of carbonyl (C=O) groups is 1. The van der Waals surface area contributed by atoms with Crippen molar-refractivity contribution < 1.29 is 13.2 Å². The maximum atomic E-state index is 13.2. The van der Waals surface area contributed by atoms with Crippen molar-refractivity contribution in [2.75, 3.05) is 18.4 Å². The van der Waals surface area contributed by atoms with E-state index in [9.17, 15) is 13.2 Å². The number of fused-ring (bicyclic) bond motifs is 1. The first-order valence-electron chi connectivity index (χ1n) is 11.2. The first-order chi connectivity index (χ1) is 15.4. The van der Waals surface area contributed by atoms with Crippen molar-refractivity contribution in [1.29, 1.82) is 0 Å². The third-order valence-corrected chi connectivity index (χ3v) is 8.47. The molecule has 0 radical (unpaired) electrons. The quantitative estimate of drug-likeness (QED) is 0.617. The molecule has 0 spiro atoms. The number of piperidine rings is 1. The fourth-order valence-electron chi connectivity index (χ4n) is 4.38. The summed E-state index contributed by atoms with van der Waals surface area (Å²) in [5.41, 5.74) is 0.954. The molecule has 32 heavy (non-hydrogen) atoms. The summed E-state index contributed by atoms with van der Waals surface area (Å²) in [6.45, 7) is 3.47. The fraction of sp³-hybridized carbons (Fsp3) is 0.417. The molecule has 1 aliphatic carbocycles. The van der Waals surface area contributed by atoms with Crippen LogP contribution in [0, 0.1) is 18.8 Å². The smallest absolute Gasteiger partial charge is 0.243 e. The van der Waals surface area contributed by atoms with Gasteiger partial charge in [0.15, 0.2) is 0 Å². The highest BCUT2D eigenvalue weighted by molar-refractivity contribution is 7.89. The lowest BCUT2D eigenvalue weighted by molar-refractivity contribution is -0.121. The van der Waals surface area contributed by atoms with Crippen molar-refractivity contribution >= 4 is 32.5 Å². The summed E-state index contributed by atoms with van der Waals surface area (Å²) < 4.78 is 29.7. The molecule has 0 bridgehead atoms. The Balaban J connectivity index is 1.24. The van der Waals surface area contributed by atoms with Crippen molar-refractivity contribution in [2.45, 2.75) is 44.0 Å². The monoisotopic (exact) mass is 452 g/mol. The number of hydrogen-bond donors (Lipinski definition) is 1. The Hall–Kier alpha value is -2.71.